The van der Waals surface area contributed by atoms with Gasteiger partial charge in [-0.2, -0.15) is 9.97 Å². The first-order chi connectivity index (χ1) is 30.1. The third-order valence-corrected chi connectivity index (χ3v) is 12.5. The van der Waals surface area contributed by atoms with Crippen molar-refractivity contribution in [2.75, 3.05) is 0 Å². The van der Waals surface area contributed by atoms with Crippen LogP contribution in [0, 0.1) is 0 Å². The van der Waals surface area contributed by atoms with E-state index in [0.29, 0.717) is 17.6 Å². The number of hydrogen-bond acceptors (Lipinski definition) is 3. The first-order valence-corrected chi connectivity index (χ1v) is 21.1. The van der Waals surface area contributed by atoms with Gasteiger partial charge in [0, 0.05) is 78.6 Å². The van der Waals surface area contributed by atoms with Crippen LogP contribution >= 0.6 is 0 Å². The summed E-state index contributed by atoms with van der Waals surface area (Å²) in [5.41, 5.74) is 13.7. The molecule has 0 radical (unpaired) electrons. The number of hydrogen-bond donors (Lipinski definition) is 0. The lowest BCUT2D eigenvalue weighted by Gasteiger charge is -2.11. The fourth-order valence-corrected chi connectivity index (χ4v) is 9.64. The van der Waals surface area contributed by atoms with Crippen molar-refractivity contribution in [3.8, 4) is 51.0 Å². The number of benzene rings is 8. The van der Waals surface area contributed by atoms with Crippen molar-refractivity contribution in [1.29, 1.82) is 0 Å². The van der Waals surface area contributed by atoms with Crippen molar-refractivity contribution in [3.05, 3.63) is 182 Å². The summed E-state index contributed by atoms with van der Waals surface area (Å²) >= 11 is 0. The average Bonchev–Trinajstić information content (AvgIpc) is 3.96. The van der Waals surface area contributed by atoms with Crippen LogP contribution in [0.2, 0.25) is 0 Å². The van der Waals surface area contributed by atoms with E-state index in [-0.39, 0.29) is 0 Å². The van der Waals surface area contributed by atoms with E-state index in [1.807, 2.05) is 36.4 Å². The maximum atomic E-state index is 5.22. The summed E-state index contributed by atoms with van der Waals surface area (Å²) in [6.45, 7) is 6.27. The van der Waals surface area contributed by atoms with E-state index in [0.717, 1.165) is 57.1 Å². The Labute approximate surface area is 352 Å². The SMILES string of the molecule is CCn1c2ccccc2c2cc(-c3ccc4c(c3)c3cc(-c5ccc6c(c5)c5ccccc5n6CC)ccc3n4-c3nc(-c4ccccc4)nc(-c4ccccc4)n3)ccc21. The molecule has 290 valence electrons. The molecule has 0 fully saturated rings. The van der Waals surface area contributed by atoms with Gasteiger partial charge >= 0.3 is 0 Å². The molecule has 8 aromatic carbocycles. The number of para-hydroxylation sites is 2. The standard InChI is InChI=1S/C55H40N6/c1-3-59-47-21-13-11-19-41(47)43-31-37(23-27-49(43)59)39-25-29-51-45(33-39)46-34-40(38-24-28-50-44(32-38)42-20-12-14-22-48(42)60(50)4-2)26-30-52(46)61(51)55-57-53(35-15-7-5-8-16-35)56-54(58-55)36-17-9-6-10-18-36/h5-34H,3-4H2,1-2H3. The minimum absolute atomic E-state index is 0.579. The lowest BCUT2D eigenvalue weighted by atomic mass is 9.98. The van der Waals surface area contributed by atoms with E-state index in [4.69, 9.17) is 15.0 Å². The van der Waals surface area contributed by atoms with E-state index in [1.54, 1.807) is 0 Å². The number of aryl methyl sites for hydroxylation is 2. The number of rotatable bonds is 7. The van der Waals surface area contributed by atoms with Gasteiger partial charge in [-0.3, -0.25) is 4.57 Å². The van der Waals surface area contributed by atoms with E-state index < -0.39 is 0 Å². The molecule has 0 spiro atoms. The summed E-state index contributed by atoms with van der Waals surface area (Å²) in [4.78, 5) is 15.5. The Hall–Kier alpha value is -7.83. The number of nitrogens with zero attached hydrogens (tertiary/aromatic N) is 6. The van der Waals surface area contributed by atoms with Gasteiger partial charge in [0.25, 0.3) is 0 Å². The van der Waals surface area contributed by atoms with Crippen LogP contribution in [-0.4, -0.2) is 28.7 Å². The molecule has 0 saturated carbocycles. The maximum absolute atomic E-state index is 5.22. The van der Waals surface area contributed by atoms with Crippen LogP contribution in [0.15, 0.2) is 182 Å². The third-order valence-electron chi connectivity index (χ3n) is 12.5. The molecule has 6 heteroatoms. The largest absolute Gasteiger partial charge is 0.341 e. The Morgan fingerprint density at radius 2 is 0.656 bits per heavy atom. The lowest BCUT2D eigenvalue weighted by Crippen LogP contribution is -2.06. The molecule has 4 aromatic heterocycles. The highest BCUT2D eigenvalue weighted by Crippen LogP contribution is 2.40. The van der Waals surface area contributed by atoms with Crippen LogP contribution in [0.25, 0.3) is 116 Å². The zero-order chi connectivity index (χ0) is 40.6. The van der Waals surface area contributed by atoms with Gasteiger partial charge in [-0.25, -0.2) is 4.98 Å². The molecule has 61 heavy (non-hydrogen) atoms. The number of fused-ring (bicyclic) bond motifs is 9. The van der Waals surface area contributed by atoms with Crippen LogP contribution in [-0.2, 0) is 13.1 Å². The van der Waals surface area contributed by atoms with E-state index >= 15 is 0 Å². The van der Waals surface area contributed by atoms with Crippen LogP contribution in [0.5, 0.6) is 0 Å². The van der Waals surface area contributed by atoms with Crippen molar-refractivity contribution in [2.45, 2.75) is 26.9 Å². The maximum Gasteiger partial charge on any atom is 0.238 e. The summed E-state index contributed by atoms with van der Waals surface area (Å²) in [5, 5.41) is 7.37. The molecule has 12 rings (SSSR count). The second kappa shape index (κ2) is 13.9. The first kappa shape index (κ1) is 35.1. The van der Waals surface area contributed by atoms with Gasteiger partial charge in [0.1, 0.15) is 0 Å². The Morgan fingerprint density at radius 1 is 0.311 bits per heavy atom. The summed E-state index contributed by atoms with van der Waals surface area (Å²) < 4.78 is 7.04. The molecular formula is C55H40N6. The van der Waals surface area contributed by atoms with E-state index in [9.17, 15) is 0 Å². The van der Waals surface area contributed by atoms with Gasteiger partial charge < -0.3 is 9.13 Å². The minimum Gasteiger partial charge on any atom is -0.341 e. The highest BCUT2D eigenvalue weighted by atomic mass is 15.2. The quantitative estimate of drug-likeness (QED) is 0.162. The van der Waals surface area contributed by atoms with Crippen molar-refractivity contribution in [1.82, 2.24) is 28.7 Å². The number of aromatic nitrogens is 6. The van der Waals surface area contributed by atoms with Gasteiger partial charge in [-0.1, -0.05) is 121 Å². The van der Waals surface area contributed by atoms with Crippen LogP contribution in [0.4, 0.5) is 0 Å². The van der Waals surface area contributed by atoms with Crippen molar-refractivity contribution >= 4 is 65.4 Å². The first-order valence-electron chi connectivity index (χ1n) is 21.1. The average molecular weight is 785 g/mol. The Bertz CT molecular complexity index is 3430. The molecule has 0 atom stereocenters. The Balaban J connectivity index is 1.10. The monoisotopic (exact) mass is 784 g/mol. The summed E-state index contributed by atoms with van der Waals surface area (Å²) in [6.07, 6.45) is 0. The molecule has 6 nitrogen and oxygen atoms in total. The molecule has 0 aliphatic rings. The fourth-order valence-electron chi connectivity index (χ4n) is 9.64. The summed E-state index contributed by atoms with van der Waals surface area (Å²) in [7, 11) is 0. The molecule has 4 heterocycles. The Morgan fingerprint density at radius 3 is 1.07 bits per heavy atom. The van der Waals surface area contributed by atoms with Crippen LogP contribution < -0.4 is 0 Å². The van der Waals surface area contributed by atoms with Gasteiger partial charge in [0.05, 0.1) is 11.0 Å². The smallest absolute Gasteiger partial charge is 0.238 e. The topological polar surface area (TPSA) is 53.5 Å². The predicted octanol–water partition coefficient (Wildman–Crippen LogP) is 13.9. The summed E-state index contributed by atoms with van der Waals surface area (Å²) in [6, 6.07) is 65.4. The highest BCUT2D eigenvalue weighted by molar-refractivity contribution is 6.14. The van der Waals surface area contributed by atoms with E-state index in [1.165, 1.54) is 54.7 Å². The third kappa shape index (κ3) is 5.52. The molecule has 0 amide bonds. The second-order valence-corrected chi connectivity index (χ2v) is 15.8. The Kier molecular flexibility index (Phi) is 8.00. The van der Waals surface area contributed by atoms with Gasteiger partial charge in [0.15, 0.2) is 11.6 Å². The molecule has 0 aliphatic carbocycles. The van der Waals surface area contributed by atoms with Crippen molar-refractivity contribution in [2.24, 2.45) is 0 Å². The molecule has 0 N–H and O–H groups in total. The molecule has 0 saturated heterocycles. The van der Waals surface area contributed by atoms with E-state index in [2.05, 4.69) is 173 Å². The van der Waals surface area contributed by atoms with Gasteiger partial charge in [0.2, 0.25) is 5.95 Å². The van der Waals surface area contributed by atoms with Crippen LogP contribution in [0.3, 0.4) is 0 Å². The van der Waals surface area contributed by atoms with Gasteiger partial charge in [-0.15, -0.1) is 0 Å². The normalized spacial score (nSPS) is 11.9. The molecule has 0 bridgehead atoms. The molecule has 12 aromatic rings. The second-order valence-electron chi connectivity index (χ2n) is 15.8. The van der Waals surface area contributed by atoms with Crippen LogP contribution in [0.1, 0.15) is 13.8 Å². The van der Waals surface area contributed by atoms with Crippen molar-refractivity contribution < 1.29 is 0 Å². The minimum atomic E-state index is 0.579. The zero-order valence-electron chi connectivity index (χ0n) is 33.9. The predicted molar refractivity (Wildman–Crippen MR) is 253 cm³/mol. The highest BCUT2D eigenvalue weighted by Gasteiger charge is 2.20. The fraction of sp³-hybridized carbons (Fsp3) is 0.0727. The lowest BCUT2D eigenvalue weighted by molar-refractivity contribution is 0.827. The molecular weight excluding hydrogens is 745 g/mol. The van der Waals surface area contributed by atoms with Crippen molar-refractivity contribution in [3.63, 3.8) is 0 Å². The zero-order valence-corrected chi connectivity index (χ0v) is 33.9. The summed E-state index contributed by atoms with van der Waals surface area (Å²) in [5.74, 6) is 1.84. The van der Waals surface area contributed by atoms with Gasteiger partial charge in [-0.05, 0) is 96.8 Å². The molecule has 0 unspecified atom stereocenters. The molecule has 0 aliphatic heterocycles.